The summed E-state index contributed by atoms with van der Waals surface area (Å²) >= 11 is 5.12. The maximum Gasteiger partial charge on any atom is 0.228 e. The summed E-state index contributed by atoms with van der Waals surface area (Å²) < 4.78 is 6.16. The van der Waals surface area contributed by atoms with Gasteiger partial charge in [-0.05, 0) is 168 Å². The fraction of sp³-hybridized carbons (Fsp3) is 0.619. The smallest absolute Gasteiger partial charge is 0.228 e. The van der Waals surface area contributed by atoms with E-state index in [2.05, 4.69) is 24.4 Å². The molecule has 0 unspecified atom stereocenters. The van der Waals surface area contributed by atoms with Crippen molar-refractivity contribution in [1.82, 2.24) is 14.7 Å². The number of likely N-dealkylation sites (tertiary alicyclic amines) is 3. The van der Waals surface area contributed by atoms with Crippen LogP contribution in [0.1, 0.15) is 148 Å². The monoisotopic (exact) mass is 1090 g/mol. The molecule has 0 amide bonds. The second-order valence-electron chi connectivity index (χ2n) is 26.5. The molecule has 15 nitrogen and oxygen atoms in total. The molecule has 10 atom stereocenters. The van der Waals surface area contributed by atoms with Crippen LogP contribution in [0.15, 0.2) is 36.4 Å². The van der Waals surface area contributed by atoms with E-state index in [1.165, 1.54) is 44.1 Å². The van der Waals surface area contributed by atoms with Gasteiger partial charge in [-0.3, -0.25) is 29.1 Å². The van der Waals surface area contributed by atoms with Crippen molar-refractivity contribution < 1.29 is 44.7 Å². The van der Waals surface area contributed by atoms with Gasteiger partial charge in [-0.2, -0.15) is 0 Å². The first-order valence-corrected chi connectivity index (χ1v) is 29.9. The molecule has 3 aromatic carbocycles. The summed E-state index contributed by atoms with van der Waals surface area (Å²) in [6.07, 6.45) is 14.5. The van der Waals surface area contributed by atoms with Gasteiger partial charge in [-0.1, -0.05) is 42.5 Å². The summed E-state index contributed by atoms with van der Waals surface area (Å²) in [7, 11) is 0. The number of Topliss-reactive ketones (excluding diaryl/α,β-unsaturated/α-hetero) is 3. The predicted octanol–water partition coefficient (Wildman–Crippen LogP) is 6.86. The van der Waals surface area contributed by atoms with Crippen molar-refractivity contribution in [3.8, 4) is 17.2 Å². The summed E-state index contributed by atoms with van der Waals surface area (Å²) in [6, 6.07) is 11.3. The third-order valence-electron chi connectivity index (χ3n) is 22.6. The maximum atomic E-state index is 12.8. The zero-order chi connectivity index (χ0) is 54.8. The number of fused-ring (bicyclic) bond motifs is 2. The third-order valence-corrected chi connectivity index (χ3v) is 22.8. The number of nitrogens with two attached hydrogens (primary N) is 1. The highest BCUT2D eigenvalue weighted by Gasteiger charge is 2.73. The molecule has 16 rings (SSSR count). The minimum atomic E-state index is -1.00. The first kappa shape index (κ1) is 51.8. The van der Waals surface area contributed by atoms with E-state index in [1.54, 1.807) is 12.1 Å². The first-order chi connectivity index (χ1) is 37.9. The second kappa shape index (κ2) is 18.1. The summed E-state index contributed by atoms with van der Waals surface area (Å²) in [6.45, 7) is 20.5. The summed E-state index contributed by atoms with van der Waals surface area (Å²) in [5.74, 6) is 3.31. The Labute approximate surface area is 467 Å². The van der Waals surface area contributed by atoms with Crippen LogP contribution < -0.4 is 10.5 Å². The van der Waals surface area contributed by atoms with Crippen molar-refractivity contribution in [2.75, 3.05) is 39.3 Å². The fourth-order valence-corrected chi connectivity index (χ4v) is 18.5. The molecule has 16 heteroatoms. The SMILES string of the molecule is NC(=S)c1ccc2c(c1O)[C@]13CCN(CC4CC4)[C@H](C2)[C@]1(O)CCC(=O)C3.[C-]#[N+]c1ccc2c(c1O)[C@]13CCN(CC4CC4)[C@H](C2)[C@]1(O)CCC(=O)C3.[C-]#[N+]c1ccc2c3c1O[C@H]1C(=O)CC[C@@]4(O)[C@@H](C2)N(CC2CC2)CC[C@]314. The zero-order valence-corrected chi connectivity index (χ0v) is 45.8. The zero-order valence-electron chi connectivity index (χ0n) is 45.0. The first-order valence-electron chi connectivity index (χ1n) is 29.5. The average Bonchev–Trinajstić information content (AvgIpc) is 3.14. The van der Waals surface area contributed by atoms with Crippen molar-refractivity contribution in [2.24, 2.45) is 23.5 Å². The van der Waals surface area contributed by atoms with Gasteiger partial charge >= 0.3 is 0 Å². The number of benzene rings is 3. The number of carbonyl (C=O) groups is 3. The molecule has 0 radical (unpaired) electrons. The van der Waals surface area contributed by atoms with Crippen molar-refractivity contribution in [3.63, 3.8) is 0 Å². The largest absolute Gasteiger partial charge is 0.519 e. The Morgan fingerprint density at radius 3 is 1.53 bits per heavy atom. The van der Waals surface area contributed by atoms with Crippen LogP contribution in [0.3, 0.4) is 0 Å². The number of ketones is 3. The number of ether oxygens (including phenoxy) is 1. The summed E-state index contributed by atoms with van der Waals surface area (Å²) in [5, 5.41) is 57.9. The molecule has 1 spiro atoms. The Hall–Kier alpha value is -5.30. The van der Waals surface area contributed by atoms with E-state index < -0.39 is 39.2 Å². The molecule has 9 fully saturated rings. The maximum absolute atomic E-state index is 12.8. The lowest BCUT2D eigenvalue weighted by Crippen LogP contribution is -2.76. The van der Waals surface area contributed by atoms with Crippen molar-refractivity contribution >= 4 is 45.9 Å². The molecular weight excluding hydrogens is 1020 g/mol. The van der Waals surface area contributed by atoms with Crippen LogP contribution in [-0.2, 0) is 49.9 Å². The highest BCUT2D eigenvalue weighted by Crippen LogP contribution is 2.66. The third kappa shape index (κ3) is 7.39. The Morgan fingerprint density at radius 2 is 1.04 bits per heavy atom. The van der Waals surface area contributed by atoms with Gasteiger partial charge < -0.3 is 36.0 Å². The standard InChI is InChI=1S/C21H26N2O3S.C21H22N2O3.C21H24N2O3/c22-19(27)15-4-3-13-9-16-21(26)6-5-14(24)10-20(21,17(13)18(15)25)7-8-23(16)11-12-1-2-12;1-22-14-5-4-13-10-16-21(25)7-6-15(24)19-20(21,17(13)18(14)26-19)8-9-23(16)11-12-2-3-12;1-22-16-5-4-14-10-17-21(26)7-6-15(24)11-20(21,18(14)19(16)25)8-9-23(17)12-13-2-3-13/h3-4,12,16,25-26H,1-2,5-11H2,(H2,22,27);4-5,12,16,19,25H,2-3,6-11H2;4-5,13,17,25-26H,2-3,6-12H2/t16-,20-,21-;16-,19+,20+,21-;17-,20-,21-/m111/s1. The number of phenols is 2. The van der Waals surface area contributed by atoms with E-state index in [0.717, 1.165) is 92.1 Å². The number of phenolic OH excluding ortho intramolecular Hbond substituents is 2. The van der Waals surface area contributed by atoms with Crippen molar-refractivity contribution in [1.29, 1.82) is 0 Å². The van der Waals surface area contributed by atoms with Crippen LogP contribution in [0.2, 0.25) is 0 Å². The molecule has 0 aromatic heterocycles. The minimum absolute atomic E-state index is 0.00234. The number of hydrogen-bond donors (Lipinski definition) is 6. The highest BCUT2D eigenvalue weighted by atomic mass is 32.1. The lowest BCUT2D eigenvalue weighted by molar-refractivity contribution is -0.188. The lowest BCUT2D eigenvalue weighted by atomic mass is 9.49. The quantitative estimate of drug-likeness (QED) is 0.106. The fourth-order valence-electron chi connectivity index (χ4n) is 18.3. The molecule has 414 valence electrons. The molecule has 79 heavy (non-hydrogen) atoms. The number of nitrogens with zero attached hydrogens (tertiary/aromatic N) is 5. The number of rotatable bonds is 7. The Kier molecular flexibility index (Phi) is 11.9. The molecular formula is C63H72N6O9S. The van der Waals surface area contributed by atoms with Crippen LogP contribution in [0, 0.1) is 30.9 Å². The molecule has 3 aromatic rings. The van der Waals surface area contributed by atoms with Gasteiger partial charge in [-0.15, -0.1) is 0 Å². The molecule has 13 aliphatic rings. The second-order valence-corrected chi connectivity index (χ2v) is 27.0. The average molecular weight is 1090 g/mol. The minimum Gasteiger partial charge on any atom is -0.519 e. The van der Waals surface area contributed by atoms with Gasteiger partial charge in [-0.25, -0.2) is 9.69 Å². The van der Waals surface area contributed by atoms with Gasteiger partial charge in [0.25, 0.3) is 0 Å². The molecule has 6 bridgehead atoms. The Balaban J connectivity index is 0.000000107. The Bertz CT molecular complexity index is 3240. The highest BCUT2D eigenvalue weighted by molar-refractivity contribution is 7.80. The molecule has 4 heterocycles. The molecule has 3 saturated heterocycles. The van der Waals surface area contributed by atoms with E-state index in [0.29, 0.717) is 93.2 Å². The van der Waals surface area contributed by atoms with E-state index >= 15 is 0 Å². The Morgan fingerprint density at radius 1 is 0.595 bits per heavy atom. The van der Waals surface area contributed by atoms with Crippen LogP contribution in [0.5, 0.6) is 17.2 Å². The van der Waals surface area contributed by atoms with Crippen LogP contribution in [-0.4, -0.2) is 143 Å². The van der Waals surface area contributed by atoms with Crippen molar-refractivity contribution in [2.45, 2.75) is 186 Å². The van der Waals surface area contributed by atoms with Crippen LogP contribution in [0.4, 0.5) is 11.4 Å². The molecule has 4 aliphatic heterocycles. The number of carbonyl (C=O) groups excluding carboxylic acids is 3. The normalized spacial score (nSPS) is 37.2. The number of thiocarbonyl (C=S) groups is 1. The molecule has 9 aliphatic carbocycles. The van der Waals surface area contributed by atoms with E-state index in [4.69, 9.17) is 35.8 Å². The van der Waals surface area contributed by atoms with Crippen molar-refractivity contribution in [3.05, 3.63) is 98.2 Å². The van der Waals surface area contributed by atoms with Gasteiger partial charge in [0, 0.05) is 86.3 Å². The van der Waals surface area contributed by atoms with E-state index in [-0.39, 0.29) is 64.1 Å². The van der Waals surface area contributed by atoms with Crippen LogP contribution >= 0.6 is 12.2 Å². The summed E-state index contributed by atoms with van der Waals surface area (Å²) in [4.78, 5) is 52.3. The number of aromatic hydroxyl groups is 2. The number of aliphatic hydroxyl groups is 3. The molecule has 6 saturated carbocycles. The topological polar surface area (TPSA) is 206 Å². The number of hydrogen-bond acceptors (Lipinski definition) is 13. The van der Waals surface area contributed by atoms with Gasteiger partial charge in [0.2, 0.25) is 11.4 Å². The van der Waals surface area contributed by atoms with Gasteiger partial charge in [0.15, 0.2) is 11.9 Å². The van der Waals surface area contributed by atoms with Gasteiger partial charge in [0.05, 0.1) is 40.9 Å². The van der Waals surface area contributed by atoms with E-state index in [1.807, 2.05) is 24.3 Å². The lowest BCUT2D eigenvalue weighted by Gasteiger charge is -2.63. The number of piperidine rings is 3. The van der Waals surface area contributed by atoms with Crippen LogP contribution in [0.25, 0.3) is 9.69 Å². The summed E-state index contributed by atoms with van der Waals surface area (Å²) in [5.41, 5.74) is 7.48. The molecule has 7 N–H and O–H groups in total. The van der Waals surface area contributed by atoms with E-state index in [9.17, 15) is 39.9 Å². The predicted molar refractivity (Wildman–Crippen MR) is 297 cm³/mol. The van der Waals surface area contributed by atoms with Gasteiger partial charge in [0.1, 0.15) is 33.8 Å².